The SMILES string of the molecule is CCCCCCCCCCCCCCCC(=O)C(CCCCCCCCCCCCCC)C(=O)N(C)CC(O)C(O)C(O)C(O)CO. The van der Waals surface area contributed by atoms with Gasteiger partial charge in [0.25, 0.3) is 0 Å². The summed E-state index contributed by atoms with van der Waals surface area (Å²) >= 11 is 0. The first-order valence-electron chi connectivity index (χ1n) is 19.8. The lowest BCUT2D eigenvalue weighted by molar-refractivity contribution is -0.145. The van der Waals surface area contributed by atoms with E-state index in [-0.39, 0.29) is 18.2 Å². The molecule has 8 nitrogen and oxygen atoms in total. The second-order valence-electron chi connectivity index (χ2n) is 14.2. The van der Waals surface area contributed by atoms with Crippen molar-refractivity contribution < 1.29 is 35.1 Å². The molecule has 280 valence electrons. The van der Waals surface area contributed by atoms with E-state index in [1.54, 1.807) is 0 Å². The number of carbonyl (C=O) groups excluding carboxylic acids is 2. The topological polar surface area (TPSA) is 139 Å². The number of aliphatic hydroxyl groups is 5. The summed E-state index contributed by atoms with van der Waals surface area (Å²) in [5, 5.41) is 49.2. The molecule has 0 aliphatic heterocycles. The van der Waals surface area contributed by atoms with Crippen molar-refractivity contribution in [2.75, 3.05) is 20.2 Å². The zero-order valence-electron chi connectivity index (χ0n) is 30.9. The lowest BCUT2D eigenvalue weighted by Crippen LogP contribution is -2.50. The molecule has 5 unspecified atom stereocenters. The van der Waals surface area contributed by atoms with Crippen molar-refractivity contribution in [3.8, 4) is 0 Å². The summed E-state index contributed by atoms with van der Waals surface area (Å²) in [4.78, 5) is 28.0. The first-order valence-corrected chi connectivity index (χ1v) is 19.8. The normalized spacial score (nSPS) is 14.9. The van der Waals surface area contributed by atoms with Gasteiger partial charge in [-0.2, -0.15) is 0 Å². The number of hydrogen-bond donors (Lipinski definition) is 5. The van der Waals surface area contributed by atoms with Gasteiger partial charge in [0.15, 0.2) is 0 Å². The van der Waals surface area contributed by atoms with E-state index in [4.69, 9.17) is 5.11 Å². The van der Waals surface area contributed by atoms with Gasteiger partial charge >= 0.3 is 0 Å². The van der Waals surface area contributed by atoms with Crippen LogP contribution in [0.1, 0.15) is 187 Å². The maximum absolute atomic E-state index is 13.4. The fourth-order valence-electron chi connectivity index (χ4n) is 6.41. The number of nitrogens with zero attached hydrogens (tertiary/aromatic N) is 1. The van der Waals surface area contributed by atoms with E-state index in [2.05, 4.69) is 13.8 Å². The van der Waals surface area contributed by atoms with E-state index in [0.717, 1.165) is 38.5 Å². The summed E-state index contributed by atoms with van der Waals surface area (Å²) in [5.41, 5.74) is 0. The average molecular weight is 672 g/mol. The molecule has 0 aliphatic carbocycles. The van der Waals surface area contributed by atoms with E-state index in [9.17, 15) is 30.0 Å². The predicted octanol–water partition coefficient (Wildman–Crippen LogP) is 7.64. The second-order valence-corrected chi connectivity index (χ2v) is 14.2. The van der Waals surface area contributed by atoms with Crippen LogP contribution < -0.4 is 0 Å². The van der Waals surface area contributed by atoms with Crippen LogP contribution in [0.2, 0.25) is 0 Å². The summed E-state index contributed by atoms with van der Waals surface area (Å²) < 4.78 is 0. The Morgan fingerprint density at radius 3 is 1.23 bits per heavy atom. The molecule has 0 spiro atoms. The van der Waals surface area contributed by atoms with Gasteiger partial charge in [0.05, 0.1) is 12.5 Å². The minimum Gasteiger partial charge on any atom is -0.394 e. The highest BCUT2D eigenvalue weighted by Crippen LogP contribution is 2.21. The van der Waals surface area contributed by atoms with E-state index >= 15 is 0 Å². The molecule has 0 bridgehead atoms. The van der Waals surface area contributed by atoms with Crippen LogP contribution in [-0.4, -0.2) is 86.7 Å². The van der Waals surface area contributed by atoms with Crippen LogP contribution in [0.4, 0.5) is 0 Å². The van der Waals surface area contributed by atoms with Crippen LogP contribution in [-0.2, 0) is 9.59 Å². The number of carbonyl (C=O) groups is 2. The highest BCUT2D eigenvalue weighted by molar-refractivity contribution is 6.01. The molecule has 0 rings (SSSR count). The summed E-state index contributed by atoms with van der Waals surface area (Å²) in [6.45, 7) is 3.42. The summed E-state index contributed by atoms with van der Waals surface area (Å²) in [5.74, 6) is -1.22. The molecule has 0 saturated carbocycles. The Balaban J connectivity index is 4.65. The lowest BCUT2D eigenvalue weighted by atomic mass is 9.91. The van der Waals surface area contributed by atoms with Crippen LogP contribution in [0.5, 0.6) is 0 Å². The number of amides is 1. The standard InChI is InChI=1S/C39H77NO7/c1-4-6-8-10-12-14-16-18-20-22-24-26-28-30-34(42)33(29-27-25-23-21-19-17-15-13-11-9-7-5-2)39(47)40(3)31-35(43)37(45)38(46)36(44)32-41/h33,35-38,41,43-46H,4-32H2,1-3H3. The second kappa shape index (κ2) is 32.2. The minimum absolute atomic E-state index is 0.0567. The van der Waals surface area contributed by atoms with Crippen molar-refractivity contribution in [1.29, 1.82) is 0 Å². The molecule has 47 heavy (non-hydrogen) atoms. The summed E-state index contributed by atoms with van der Waals surface area (Å²) in [6, 6.07) is 0. The number of unbranched alkanes of at least 4 members (excludes halogenated alkanes) is 23. The Morgan fingerprint density at radius 2 is 0.851 bits per heavy atom. The van der Waals surface area contributed by atoms with Gasteiger partial charge in [-0.25, -0.2) is 0 Å². The van der Waals surface area contributed by atoms with Crippen molar-refractivity contribution in [2.45, 2.75) is 212 Å². The first kappa shape index (κ1) is 45.9. The fraction of sp³-hybridized carbons (Fsp3) is 0.949. The van der Waals surface area contributed by atoms with Crippen LogP contribution in [0, 0.1) is 5.92 Å². The molecule has 0 radical (unpaired) electrons. The molecule has 0 saturated heterocycles. The van der Waals surface area contributed by atoms with Gasteiger partial charge in [0, 0.05) is 20.0 Å². The van der Waals surface area contributed by atoms with Crippen molar-refractivity contribution in [3.05, 3.63) is 0 Å². The van der Waals surface area contributed by atoms with Gasteiger partial charge in [-0.15, -0.1) is 0 Å². The Hall–Kier alpha value is -1.06. The Labute approximate surface area is 289 Å². The zero-order chi connectivity index (χ0) is 35.1. The molecular weight excluding hydrogens is 594 g/mol. The number of aliphatic hydroxyl groups excluding tert-OH is 5. The molecule has 0 fully saturated rings. The van der Waals surface area contributed by atoms with Gasteiger partial charge in [-0.3, -0.25) is 9.59 Å². The highest BCUT2D eigenvalue weighted by Gasteiger charge is 2.34. The van der Waals surface area contributed by atoms with E-state index < -0.39 is 36.9 Å². The first-order chi connectivity index (χ1) is 22.7. The van der Waals surface area contributed by atoms with Gasteiger partial charge in [0.1, 0.15) is 30.2 Å². The predicted molar refractivity (Wildman–Crippen MR) is 193 cm³/mol. The summed E-state index contributed by atoms with van der Waals surface area (Å²) in [6.07, 6.45) is 24.6. The number of rotatable bonds is 35. The molecule has 0 heterocycles. The number of likely N-dealkylation sites (N-methyl/N-ethyl adjacent to an activating group) is 1. The molecule has 1 amide bonds. The van der Waals surface area contributed by atoms with Crippen LogP contribution in [0.15, 0.2) is 0 Å². The molecule has 5 atom stereocenters. The van der Waals surface area contributed by atoms with Crippen molar-refractivity contribution in [2.24, 2.45) is 5.92 Å². The van der Waals surface area contributed by atoms with Crippen molar-refractivity contribution in [1.82, 2.24) is 4.90 Å². The molecule has 0 aromatic carbocycles. The monoisotopic (exact) mass is 672 g/mol. The van der Waals surface area contributed by atoms with Crippen molar-refractivity contribution >= 4 is 11.7 Å². The third kappa shape index (κ3) is 24.7. The molecule has 0 aromatic rings. The summed E-state index contributed by atoms with van der Waals surface area (Å²) in [7, 11) is 1.49. The van der Waals surface area contributed by atoms with Gasteiger partial charge in [0.2, 0.25) is 5.91 Å². The van der Waals surface area contributed by atoms with E-state index in [0.29, 0.717) is 12.8 Å². The largest absolute Gasteiger partial charge is 0.394 e. The maximum Gasteiger partial charge on any atom is 0.232 e. The minimum atomic E-state index is -1.76. The van der Waals surface area contributed by atoms with Crippen LogP contribution >= 0.6 is 0 Å². The van der Waals surface area contributed by atoms with E-state index in [1.165, 1.54) is 134 Å². The molecule has 0 aromatic heterocycles. The Morgan fingerprint density at radius 1 is 0.511 bits per heavy atom. The molecule has 0 aliphatic rings. The third-order valence-corrected chi connectivity index (χ3v) is 9.72. The zero-order valence-corrected chi connectivity index (χ0v) is 30.9. The number of Topliss-reactive ketones (excluding diaryl/α,β-unsaturated/α-hetero) is 1. The average Bonchev–Trinajstić information content (AvgIpc) is 3.07. The number of hydrogen-bond acceptors (Lipinski definition) is 7. The Bertz CT molecular complexity index is 721. The fourth-order valence-corrected chi connectivity index (χ4v) is 6.41. The highest BCUT2D eigenvalue weighted by atomic mass is 16.4. The van der Waals surface area contributed by atoms with Gasteiger partial charge in [-0.05, 0) is 12.8 Å². The third-order valence-electron chi connectivity index (χ3n) is 9.72. The maximum atomic E-state index is 13.4. The molecule has 5 N–H and O–H groups in total. The van der Waals surface area contributed by atoms with Crippen LogP contribution in [0.25, 0.3) is 0 Å². The van der Waals surface area contributed by atoms with Crippen LogP contribution in [0.3, 0.4) is 0 Å². The smallest absolute Gasteiger partial charge is 0.232 e. The van der Waals surface area contributed by atoms with Gasteiger partial charge < -0.3 is 30.4 Å². The molecule has 8 heteroatoms. The Kier molecular flexibility index (Phi) is 31.4. The quantitative estimate of drug-likeness (QED) is 0.0345. The van der Waals surface area contributed by atoms with E-state index in [1.807, 2.05) is 0 Å². The molecular formula is C39H77NO7. The lowest BCUT2D eigenvalue weighted by Gasteiger charge is -2.30. The van der Waals surface area contributed by atoms with Crippen molar-refractivity contribution in [3.63, 3.8) is 0 Å². The number of ketones is 1. The van der Waals surface area contributed by atoms with Gasteiger partial charge in [-0.1, -0.05) is 168 Å².